The molecule has 1 saturated heterocycles. The number of hydrogen-bond donors (Lipinski definition) is 8. The van der Waals surface area contributed by atoms with E-state index in [-0.39, 0.29) is 41.1 Å². The van der Waals surface area contributed by atoms with E-state index in [2.05, 4.69) is 20.8 Å². The van der Waals surface area contributed by atoms with E-state index >= 15 is 0 Å². The molecular weight excluding hydrogens is 620 g/mol. The van der Waals surface area contributed by atoms with Crippen molar-refractivity contribution < 1.29 is 55.1 Å². The molecule has 0 radical (unpaired) electrons. The molecule has 5 aliphatic carbocycles. The Labute approximate surface area is 285 Å². The number of ether oxygens (including phenoxy) is 2. The van der Waals surface area contributed by atoms with Gasteiger partial charge in [0.2, 0.25) is 6.29 Å². The van der Waals surface area contributed by atoms with E-state index < -0.39 is 71.9 Å². The van der Waals surface area contributed by atoms with Gasteiger partial charge >= 0.3 is 5.97 Å². The molecule has 0 unspecified atom stereocenters. The minimum atomic E-state index is -1.74. The van der Waals surface area contributed by atoms with Crippen LogP contribution in [0.5, 0.6) is 0 Å². The predicted octanol–water partition coefficient (Wildman–Crippen LogP) is 1.88. The van der Waals surface area contributed by atoms with Gasteiger partial charge in [0.1, 0.15) is 24.4 Å². The summed E-state index contributed by atoms with van der Waals surface area (Å²) in [5.41, 5.74) is -3.11. The van der Waals surface area contributed by atoms with Crippen molar-refractivity contribution in [3.8, 4) is 0 Å². The van der Waals surface area contributed by atoms with Gasteiger partial charge in [-0.25, -0.2) is 0 Å². The predicted molar refractivity (Wildman–Crippen MR) is 174 cm³/mol. The van der Waals surface area contributed by atoms with Gasteiger partial charge in [-0.05, 0) is 111 Å². The van der Waals surface area contributed by atoms with Crippen molar-refractivity contribution in [1.82, 2.24) is 0 Å². The Morgan fingerprint density at radius 3 is 2.17 bits per heavy atom. The molecule has 0 aromatic carbocycles. The normalized spacial score (nSPS) is 53.1. The molecule has 1 heterocycles. The maximum Gasteiger partial charge on any atom is 0.317 e. The molecule has 17 atom stereocenters. The number of hydrogen-bond acceptors (Lipinski definition) is 11. The number of esters is 1. The third-order valence-corrected chi connectivity index (χ3v) is 16.4. The van der Waals surface area contributed by atoms with Crippen LogP contribution in [0.3, 0.4) is 0 Å². The summed E-state index contributed by atoms with van der Waals surface area (Å²) in [5, 5.41) is 85.0. The molecule has 1 aliphatic heterocycles. The average Bonchev–Trinajstić information content (AvgIpc) is 3.67. The lowest BCUT2D eigenvalue weighted by Crippen LogP contribution is -2.65. The van der Waals surface area contributed by atoms with E-state index in [0.717, 1.165) is 44.9 Å². The third kappa shape index (κ3) is 4.74. The maximum absolute atomic E-state index is 14.1. The van der Waals surface area contributed by atoms with Gasteiger partial charge in [0.15, 0.2) is 0 Å². The number of rotatable bonds is 9. The Morgan fingerprint density at radius 1 is 0.875 bits per heavy atom. The molecule has 2 spiro atoms. The van der Waals surface area contributed by atoms with Gasteiger partial charge in [0.25, 0.3) is 0 Å². The molecule has 11 heteroatoms. The molecule has 8 N–H and O–H groups in total. The Hall–Kier alpha value is -0.890. The van der Waals surface area contributed by atoms with Gasteiger partial charge < -0.3 is 50.3 Å². The first-order valence-corrected chi connectivity index (χ1v) is 18.6. The first kappa shape index (κ1) is 36.9. The molecule has 11 nitrogen and oxygen atoms in total. The molecule has 0 bridgehead atoms. The summed E-state index contributed by atoms with van der Waals surface area (Å²) in [6.45, 7) is 11.9. The average molecular weight is 683 g/mol. The third-order valence-electron chi connectivity index (χ3n) is 16.4. The van der Waals surface area contributed by atoms with Crippen molar-refractivity contribution in [2.24, 2.45) is 56.7 Å². The van der Waals surface area contributed by atoms with Gasteiger partial charge in [-0.3, -0.25) is 4.79 Å². The molecule has 0 amide bonds. The van der Waals surface area contributed by atoms with Crippen LogP contribution in [-0.2, 0) is 14.3 Å². The van der Waals surface area contributed by atoms with Crippen LogP contribution >= 0.6 is 0 Å². The lowest BCUT2D eigenvalue weighted by Gasteiger charge is -2.63. The van der Waals surface area contributed by atoms with Gasteiger partial charge in [0.05, 0.1) is 36.4 Å². The fraction of sp³-hybridized carbons (Fsp3) is 0.973. The molecule has 6 fully saturated rings. The number of aliphatic hydroxyl groups is 8. The minimum Gasteiger partial charge on any atom is -0.432 e. The SMILES string of the molecule is CC(C)[C@](O)(CO)CC[C@@H](C)[C@H]1CC[C@@]2(C)[C@@H]3CC[C@H]4[C@](C)(C(=O)O[C@@H]5O[C@H](CO)[C@@H](O)[C@H](O)[C@H]5O)[C@@H](O)C[C@H](O)[C@@]45C[C@@]35CC[C@]12C. The quantitative estimate of drug-likeness (QED) is 0.165. The first-order chi connectivity index (χ1) is 22.3. The topological polar surface area (TPSA) is 197 Å². The van der Waals surface area contributed by atoms with Crippen LogP contribution in [0.2, 0.25) is 0 Å². The van der Waals surface area contributed by atoms with E-state index in [1.807, 2.05) is 13.8 Å². The van der Waals surface area contributed by atoms with Gasteiger partial charge in [-0.1, -0.05) is 34.6 Å². The van der Waals surface area contributed by atoms with Crippen LogP contribution in [0.25, 0.3) is 0 Å². The molecule has 48 heavy (non-hydrogen) atoms. The summed E-state index contributed by atoms with van der Waals surface area (Å²) >= 11 is 0. The second kappa shape index (κ2) is 12.1. The smallest absolute Gasteiger partial charge is 0.317 e. The second-order valence-electron chi connectivity index (χ2n) is 18.1. The monoisotopic (exact) mass is 682 g/mol. The zero-order valence-electron chi connectivity index (χ0n) is 29.7. The van der Waals surface area contributed by atoms with E-state index in [0.29, 0.717) is 30.6 Å². The lowest BCUT2D eigenvalue weighted by molar-refractivity contribution is -0.300. The molecule has 6 rings (SSSR count). The minimum absolute atomic E-state index is 0.0208. The molecule has 0 aromatic heterocycles. The summed E-state index contributed by atoms with van der Waals surface area (Å²) in [6, 6.07) is 0. The van der Waals surface area contributed by atoms with Gasteiger partial charge in [-0.2, -0.15) is 0 Å². The Kier molecular flexibility index (Phi) is 9.29. The molecule has 5 saturated carbocycles. The summed E-state index contributed by atoms with van der Waals surface area (Å²) in [7, 11) is 0. The highest BCUT2D eigenvalue weighted by atomic mass is 16.7. The largest absolute Gasteiger partial charge is 0.432 e. The number of aliphatic hydroxyl groups excluding tert-OH is 7. The lowest BCUT2D eigenvalue weighted by atomic mass is 9.41. The van der Waals surface area contributed by atoms with Crippen molar-refractivity contribution in [3.05, 3.63) is 0 Å². The molecule has 276 valence electrons. The first-order valence-electron chi connectivity index (χ1n) is 18.6. The van der Waals surface area contributed by atoms with Gasteiger partial charge in [0, 0.05) is 11.8 Å². The van der Waals surface area contributed by atoms with Crippen LogP contribution in [0.15, 0.2) is 0 Å². The van der Waals surface area contributed by atoms with E-state index in [1.54, 1.807) is 6.92 Å². The van der Waals surface area contributed by atoms with Gasteiger partial charge in [-0.15, -0.1) is 0 Å². The maximum atomic E-state index is 14.1. The van der Waals surface area contributed by atoms with Crippen LogP contribution < -0.4 is 0 Å². The Bertz CT molecular complexity index is 1230. The van der Waals surface area contributed by atoms with E-state index in [1.165, 1.54) is 0 Å². The van der Waals surface area contributed by atoms with Crippen LogP contribution in [0.4, 0.5) is 0 Å². The summed E-state index contributed by atoms with van der Waals surface area (Å²) in [5.74, 6) is 0.0198. The number of carbonyl (C=O) groups excluding carboxylic acids is 1. The fourth-order valence-electron chi connectivity index (χ4n) is 12.9. The van der Waals surface area contributed by atoms with Crippen molar-refractivity contribution in [1.29, 1.82) is 0 Å². The Morgan fingerprint density at radius 2 is 1.54 bits per heavy atom. The van der Waals surface area contributed by atoms with E-state index in [9.17, 15) is 45.6 Å². The molecule has 0 aromatic rings. The fourth-order valence-corrected chi connectivity index (χ4v) is 12.9. The zero-order chi connectivity index (χ0) is 35.4. The van der Waals surface area contributed by atoms with Crippen molar-refractivity contribution >= 4 is 5.97 Å². The standard InChI is InChI=1S/C37H62O11/c1-19(2)36(46,18-39)12-9-20(3)21-10-11-33(5)23-7-8-24-34(6,31(45)48-30-29(44)28(43)27(42)22(16-38)47-30)25(40)15-26(41)37(24)17-35(23,37)14-13-32(21,33)4/h19-30,38-44,46H,7-18H2,1-6H3/t20-,21-,22-,23+,24+,25+,26+,27-,28+,29-,30+,32-,33+,34+,35+,36-,37-/m1/s1. The highest BCUT2D eigenvalue weighted by Gasteiger charge is 2.85. The summed E-state index contributed by atoms with van der Waals surface area (Å²) < 4.78 is 11.2. The number of fused-ring (bicyclic) bond motifs is 2. The van der Waals surface area contributed by atoms with Crippen LogP contribution in [-0.4, -0.2) is 109 Å². The Balaban J connectivity index is 1.24. The summed E-state index contributed by atoms with van der Waals surface area (Å²) in [6.07, 6.45) is -2.03. The van der Waals surface area contributed by atoms with Crippen molar-refractivity contribution in [2.45, 2.75) is 154 Å². The summed E-state index contributed by atoms with van der Waals surface area (Å²) in [4.78, 5) is 14.1. The molecular formula is C37H62O11. The zero-order valence-corrected chi connectivity index (χ0v) is 29.7. The number of carbonyl (C=O) groups is 1. The van der Waals surface area contributed by atoms with E-state index in [4.69, 9.17) is 9.47 Å². The van der Waals surface area contributed by atoms with Crippen molar-refractivity contribution in [2.75, 3.05) is 13.2 Å². The van der Waals surface area contributed by atoms with Crippen LogP contribution in [0.1, 0.15) is 106 Å². The van der Waals surface area contributed by atoms with Crippen LogP contribution in [0, 0.1) is 56.7 Å². The highest BCUT2D eigenvalue weighted by Crippen LogP contribution is 2.89. The molecule has 6 aliphatic rings. The second-order valence-corrected chi connectivity index (χ2v) is 18.1. The highest BCUT2D eigenvalue weighted by molar-refractivity contribution is 5.78. The van der Waals surface area contributed by atoms with Crippen molar-refractivity contribution in [3.63, 3.8) is 0 Å².